The average Bonchev–Trinajstić information content (AvgIpc) is 2.68. The van der Waals surface area contributed by atoms with Gasteiger partial charge in [-0.25, -0.2) is 17.2 Å². The van der Waals surface area contributed by atoms with E-state index in [1.54, 1.807) is 0 Å². The number of aliphatic carboxylic acids is 1. The fraction of sp³-hybridized carbons (Fsp3) is 0.500. The van der Waals surface area contributed by atoms with Gasteiger partial charge >= 0.3 is 5.97 Å². The molecule has 1 saturated carbocycles. The molecule has 0 saturated heterocycles. The fourth-order valence-electron chi connectivity index (χ4n) is 2.77. The lowest BCUT2D eigenvalue weighted by atomic mass is 9.99. The van der Waals surface area contributed by atoms with Crippen molar-refractivity contribution in [1.82, 2.24) is 0 Å². The van der Waals surface area contributed by atoms with Crippen LogP contribution in [0.2, 0.25) is 0 Å². The van der Waals surface area contributed by atoms with E-state index in [1.807, 2.05) is 0 Å². The molecule has 116 valence electrons. The number of rotatable bonds is 3. The minimum Gasteiger partial charge on any atom is -0.480 e. The molecule has 1 fully saturated rings. The standard InChI is InChI=1S/C14H16F2O4S/c15-11-6-5-10(9-12(11)16)21(19,20)14(13(17)18)7-3-1-2-4-8-14/h5-6,9H,1-4,7-8H2,(H,17,18). The van der Waals surface area contributed by atoms with Crippen LogP contribution in [0.1, 0.15) is 38.5 Å². The number of carboxylic acid groups (broad SMARTS) is 1. The number of hydrogen-bond acceptors (Lipinski definition) is 3. The van der Waals surface area contributed by atoms with Crippen molar-refractivity contribution in [3.8, 4) is 0 Å². The summed E-state index contributed by atoms with van der Waals surface area (Å²) in [6.07, 6.45) is 2.47. The molecular weight excluding hydrogens is 302 g/mol. The second kappa shape index (κ2) is 5.71. The minimum absolute atomic E-state index is 0.0103. The Hall–Kier alpha value is -1.50. The number of sulfone groups is 1. The van der Waals surface area contributed by atoms with Gasteiger partial charge in [0.05, 0.1) is 4.90 Å². The third-order valence-electron chi connectivity index (χ3n) is 4.02. The zero-order valence-corrected chi connectivity index (χ0v) is 12.1. The van der Waals surface area contributed by atoms with Crippen molar-refractivity contribution < 1.29 is 27.1 Å². The molecule has 0 atom stereocenters. The Morgan fingerprint density at radius 1 is 1.05 bits per heavy atom. The van der Waals surface area contributed by atoms with Crippen molar-refractivity contribution in [3.05, 3.63) is 29.8 Å². The number of benzene rings is 1. The van der Waals surface area contributed by atoms with E-state index in [9.17, 15) is 27.1 Å². The van der Waals surface area contributed by atoms with E-state index in [1.165, 1.54) is 0 Å². The minimum atomic E-state index is -4.29. The molecule has 1 N–H and O–H groups in total. The maximum atomic E-state index is 13.3. The van der Waals surface area contributed by atoms with Crippen LogP contribution in [-0.4, -0.2) is 24.2 Å². The van der Waals surface area contributed by atoms with Crippen LogP contribution in [0.4, 0.5) is 8.78 Å². The van der Waals surface area contributed by atoms with Gasteiger partial charge in [-0.2, -0.15) is 0 Å². The Bertz CT molecular complexity index is 647. The third-order valence-corrected chi connectivity index (χ3v) is 6.50. The highest BCUT2D eigenvalue weighted by molar-refractivity contribution is 7.93. The molecule has 2 rings (SSSR count). The van der Waals surface area contributed by atoms with Gasteiger partial charge in [-0.05, 0) is 31.0 Å². The first kappa shape index (κ1) is 15.9. The summed E-state index contributed by atoms with van der Waals surface area (Å²) in [6.45, 7) is 0. The molecule has 0 heterocycles. The largest absolute Gasteiger partial charge is 0.480 e. The first-order chi connectivity index (χ1) is 9.81. The molecule has 4 nitrogen and oxygen atoms in total. The second-order valence-electron chi connectivity index (χ2n) is 5.29. The summed E-state index contributed by atoms with van der Waals surface area (Å²) in [6, 6.07) is 2.18. The van der Waals surface area contributed by atoms with Crippen LogP contribution < -0.4 is 0 Å². The number of halogens is 2. The SMILES string of the molecule is O=C(O)C1(S(=O)(=O)c2ccc(F)c(F)c2)CCCCCC1. The van der Waals surface area contributed by atoms with Gasteiger partial charge in [0.15, 0.2) is 26.2 Å². The van der Waals surface area contributed by atoms with Crippen molar-refractivity contribution in [2.24, 2.45) is 0 Å². The Balaban J connectivity index is 2.56. The van der Waals surface area contributed by atoms with Gasteiger partial charge < -0.3 is 5.11 Å². The van der Waals surface area contributed by atoms with E-state index in [4.69, 9.17) is 0 Å². The van der Waals surface area contributed by atoms with E-state index in [0.29, 0.717) is 25.0 Å². The predicted molar refractivity (Wildman–Crippen MR) is 71.6 cm³/mol. The maximum Gasteiger partial charge on any atom is 0.325 e. The first-order valence-corrected chi connectivity index (χ1v) is 8.23. The molecule has 1 aromatic rings. The summed E-state index contributed by atoms with van der Waals surface area (Å²) < 4.78 is 49.7. The number of hydrogen-bond donors (Lipinski definition) is 1. The van der Waals surface area contributed by atoms with Crippen molar-refractivity contribution in [1.29, 1.82) is 0 Å². The van der Waals surface area contributed by atoms with Crippen LogP contribution in [0.3, 0.4) is 0 Å². The first-order valence-electron chi connectivity index (χ1n) is 6.74. The molecule has 0 amide bonds. The van der Waals surface area contributed by atoms with Crippen molar-refractivity contribution in [2.75, 3.05) is 0 Å². The summed E-state index contributed by atoms with van der Waals surface area (Å²) in [4.78, 5) is 11.2. The highest BCUT2D eigenvalue weighted by Crippen LogP contribution is 2.38. The van der Waals surface area contributed by atoms with Crippen LogP contribution in [0.15, 0.2) is 23.1 Å². The monoisotopic (exact) mass is 318 g/mol. The highest BCUT2D eigenvalue weighted by atomic mass is 32.2. The van der Waals surface area contributed by atoms with E-state index >= 15 is 0 Å². The van der Waals surface area contributed by atoms with Crippen LogP contribution in [0.25, 0.3) is 0 Å². The normalized spacial score (nSPS) is 19.0. The Morgan fingerprint density at radius 2 is 1.62 bits per heavy atom. The maximum absolute atomic E-state index is 13.3. The van der Waals surface area contributed by atoms with Gasteiger partial charge in [0.1, 0.15) is 0 Å². The summed E-state index contributed by atoms with van der Waals surface area (Å²) in [5.74, 6) is -3.89. The van der Waals surface area contributed by atoms with Crippen LogP contribution in [0.5, 0.6) is 0 Å². The summed E-state index contributed by atoms with van der Waals surface area (Å²) >= 11 is 0. The van der Waals surface area contributed by atoms with Crippen LogP contribution >= 0.6 is 0 Å². The number of carbonyl (C=O) groups is 1. The predicted octanol–water partition coefficient (Wildman–Crippen LogP) is 2.92. The Morgan fingerprint density at radius 3 is 2.10 bits per heavy atom. The lowest BCUT2D eigenvalue weighted by Gasteiger charge is -2.27. The molecular formula is C14H16F2O4S. The molecule has 21 heavy (non-hydrogen) atoms. The van der Waals surface area contributed by atoms with E-state index in [-0.39, 0.29) is 12.8 Å². The summed E-state index contributed by atoms with van der Waals surface area (Å²) in [7, 11) is -4.29. The second-order valence-corrected chi connectivity index (χ2v) is 7.55. The molecule has 0 radical (unpaired) electrons. The quantitative estimate of drug-likeness (QED) is 0.687. The Labute approximate surface area is 121 Å². The van der Waals surface area contributed by atoms with Crippen LogP contribution in [0, 0.1) is 11.6 Å². The lowest BCUT2D eigenvalue weighted by molar-refractivity contribution is -0.140. The number of carboxylic acids is 1. The van der Waals surface area contributed by atoms with E-state index in [2.05, 4.69) is 0 Å². The third kappa shape index (κ3) is 2.66. The van der Waals surface area contributed by atoms with Crippen molar-refractivity contribution in [2.45, 2.75) is 48.2 Å². The Kier molecular flexibility index (Phi) is 4.32. The van der Waals surface area contributed by atoms with Crippen molar-refractivity contribution in [3.63, 3.8) is 0 Å². The van der Waals surface area contributed by atoms with E-state index < -0.39 is 37.1 Å². The van der Waals surface area contributed by atoms with Gasteiger partial charge in [-0.15, -0.1) is 0 Å². The molecule has 0 spiro atoms. The average molecular weight is 318 g/mol. The van der Waals surface area contributed by atoms with Gasteiger partial charge in [0, 0.05) is 0 Å². The molecule has 0 aliphatic heterocycles. The lowest BCUT2D eigenvalue weighted by Crippen LogP contribution is -2.46. The zero-order valence-electron chi connectivity index (χ0n) is 11.3. The summed E-state index contributed by atoms with van der Waals surface area (Å²) in [5, 5.41) is 9.49. The smallest absolute Gasteiger partial charge is 0.325 e. The topological polar surface area (TPSA) is 71.4 Å². The zero-order chi connectivity index (χ0) is 15.7. The van der Waals surface area contributed by atoms with Crippen molar-refractivity contribution >= 4 is 15.8 Å². The highest BCUT2D eigenvalue weighted by Gasteiger charge is 2.51. The molecule has 1 aromatic carbocycles. The van der Waals surface area contributed by atoms with E-state index in [0.717, 1.165) is 18.9 Å². The molecule has 1 aliphatic rings. The van der Waals surface area contributed by atoms with Gasteiger partial charge in [-0.1, -0.05) is 25.7 Å². The fourth-order valence-corrected chi connectivity index (χ4v) is 4.78. The van der Waals surface area contributed by atoms with Gasteiger partial charge in [0.25, 0.3) is 0 Å². The molecule has 0 unspecified atom stereocenters. The molecule has 0 bridgehead atoms. The van der Waals surface area contributed by atoms with Gasteiger partial charge in [0.2, 0.25) is 0 Å². The molecule has 1 aliphatic carbocycles. The molecule has 0 aromatic heterocycles. The van der Waals surface area contributed by atoms with Crippen LogP contribution in [-0.2, 0) is 14.6 Å². The summed E-state index contributed by atoms with van der Waals surface area (Å²) in [5.41, 5.74) is 0. The van der Waals surface area contributed by atoms with Gasteiger partial charge in [-0.3, -0.25) is 4.79 Å². The molecule has 7 heteroatoms.